The summed E-state index contributed by atoms with van der Waals surface area (Å²) < 4.78 is 5.08. The maximum Gasteiger partial charge on any atom is 0.328 e. The minimum Gasteiger partial charge on any atom is -0.464 e. The topological polar surface area (TPSA) is 59.5 Å². The van der Waals surface area contributed by atoms with Gasteiger partial charge in [0.2, 0.25) is 0 Å². The normalized spacial score (nSPS) is 23.2. The molecule has 0 bridgehead atoms. The number of ether oxygens (including phenoxy) is 1. The van der Waals surface area contributed by atoms with Crippen LogP contribution in [-0.2, 0) is 9.53 Å². The third kappa shape index (κ3) is 3.12. The minimum absolute atomic E-state index is 0.118. The second kappa shape index (κ2) is 6.14. The monoisotopic (exact) mass is 282 g/mol. The molecular weight excluding hydrogens is 264 g/mol. The zero-order chi connectivity index (χ0) is 13.8. The summed E-state index contributed by atoms with van der Waals surface area (Å²) >= 11 is 1.30. The lowest BCUT2D eigenvalue weighted by atomic mass is 9.92. The van der Waals surface area contributed by atoms with Gasteiger partial charge in [-0.05, 0) is 25.7 Å². The zero-order valence-corrected chi connectivity index (χ0v) is 12.0. The number of rotatable bonds is 3. The quantitative estimate of drug-likeness (QED) is 0.795. The van der Waals surface area contributed by atoms with Crippen molar-refractivity contribution >= 4 is 23.2 Å². The van der Waals surface area contributed by atoms with Crippen LogP contribution in [0, 0.1) is 5.92 Å². The molecule has 0 aliphatic carbocycles. The van der Waals surface area contributed by atoms with E-state index in [1.807, 2.05) is 0 Å². The molecule has 2 rings (SSSR count). The van der Waals surface area contributed by atoms with Gasteiger partial charge in [0.15, 0.2) is 0 Å². The average Bonchev–Trinajstić information content (AvgIpc) is 2.92. The molecule has 6 heteroatoms. The molecule has 5 nitrogen and oxygen atoms in total. The lowest BCUT2D eigenvalue weighted by Gasteiger charge is -2.36. The Morgan fingerprint density at radius 1 is 1.58 bits per heavy atom. The molecule has 19 heavy (non-hydrogen) atoms. The molecule has 0 N–H and O–H groups in total. The molecule has 104 valence electrons. The fraction of sp³-hybridized carbons (Fsp3) is 0.615. The van der Waals surface area contributed by atoms with Crippen LogP contribution in [0.1, 0.15) is 36.4 Å². The predicted molar refractivity (Wildman–Crippen MR) is 72.0 cm³/mol. The van der Waals surface area contributed by atoms with E-state index in [1.54, 1.807) is 23.5 Å². The van der Waals surface area contributed by atoms with Gasteiger partial charge >= 0.3 is 5.97 Å². The summed E-state index contributed by atoms with van der Waals surface area (Å²) in [6, 6.07) is -0.460. The van der Waals surface area contributed by atoms with Crippen molar-refractivity contribution in [1.82, 2.24) is 9.88 Å². The lowest BCUT2D eigenvalue weighted by Crippen LogP contribution is -2.50. The van der Waals surface area contributed by atoms with E-state index >= 15 is 0 Å². The molecule has 1 amide bonds. The van der Waals surface area contributed by atoms with Crippen LogP contribution >= 0.6 is 11.3 Å². The lowest BCUT2D eigenvalue weighted by molar-refractivity contribution is -0.150. The first-order chi connectivity index (χ1) is 9.13. The van der Waals surface area contributed by atoms with Crippen LogP contribution in [-0.4, -0.2) is 41.0 Å². The molecule has 0 radical (unpaired) electrons. The van der Waals surface area contributed by atoms with Crippen LogP contribution in [0.25, 0.3) is 0 Å². The van der Waals surface area contributed by atoms with Crippen molar-refractivity contribution in [2.24, 2.45) is 5.92 Å². The third-order valence-electron chi connectivity index (χ3n) is 3.33. The fourth-order valence-corrected chi connectivity index (χ4v) is 2.88. The maximum atomic E-state index is 12.4. The van der Waals surface area contributed by atoms with E-state index in [2.05, 4.69) is 11.9 Å². The van der Waals surface area contributed by atoms with Crippen LogP contribution in [0.3, 0.4) is 0 Å². The Morgan fingerprint density at radius 2 is 2.37 bits per heavy atom. The van der Waals surface area contributed by atoms with E-state index in [1.165, 1.54) is 11.3 Å². The SMILES string of the molecule is CCOC(=O)C1CC(C)CCN1C(=O)c1cncs1. The van der Waals surface area contributed by atoms with Crippen molar-refractivity contribution in [3.05, 3.63) is 16.6 Å². The van der Waals surface area contributed by atoms with Gasteiger partial charge in [-0.25, -0.2) is 4.79 Å². The molecular formula is C13H18N2O3S. The van der Waals surface area contributed by atoms with E-state index in [0.29, 0.717) is 30.4 Å². The van der Waals surface area contributed by atoms with E-state index in [4.69, 9.17) is 4.74 Å². The van der Waals surface area contributed by atoms with Gasteiger partial charge in [0, 0.05) is 6.54 Å². The number of esters is 1. The van der Waals surface area contributed by atoms with Crippen molar-refractivity contribution in [1.29, 1.82) is 0 Å². The van der Waals surface area contributed by atoms with Gasteiger partial charge in [-0.2, -0.15) is 0 Å². The Labute approximate surface area is 116 Å². The number of amides is 1. The summed E-state index contributed by atoms with van der Waals surface area (Å²) in [5, 5.41) is 0. The predicted octanol–water partition coefficient (Wildman–Crippen LogP) is 1.95. The largest absolute Gasteiger partial charge is 0.464 e. The number of carbonyl (C=O) groups is 2. The number of likely N-dealkylation sites (tertiary alicyclic amines) is 1. The van der Waals surface area contributed by atoms with Crippen molar-refractivity contribution in [3.63, 3.8) is 0 Å². The van der Waals surface area contributed by atoms with Gasteiger partial charge < -0.3 is 9.64 Å². The Bertz CT molecular complexity index is 447. The molecule has 1 aliphatic rings. The molecule has 2 atom stereocenters. The highest BCUT2D eigenvalue weighted by atomic mass is 32.1. The molecule has 1 saturated heterocycles. The van der Waals surface area contributed by atoms with E-state index in [-0.39, 0.29) is 11.9 Å². The van der Waals surface area contributed by atoms with Crippen molar-refractivity contribution in [2.75, 3.05) is 13.2 Å². The second-order valence-electron chi connectivity index (χ2n) is 4.76. The minimum atomic E-state index is -0.460. The molecule has 0 saturated carbocycles. The van der Waals surface area contributed by atoms with Crippen molar-refractivity contribution in [3.8, 4) is 0 Å². The second-order valence-corrected chi connectivity index (χ2v) is 5.65. The summed E-state index contributed by atoms with van der Waals surface area (Å²) in [4.78, 5) is 30.5. The highest BCUT2D eigenvalue weighted by Gasteiger charge is 2.36. The highest BCUT2D eigenvalue weighted by molar-refractivity contribution is 7.11. The van der Waals surface area contributed by atoms with E-state index in [0.717, 1.165) is 6.42 Å². The van der Waals surface area contributed by atoms with Crippen LogP contribution in [0.4, 0.5) is 0 Å². The number of aromatic nitrogens is 1. The summed E-state index contributed by atoms with van der Waals surface area (Å²) in [6.45, 7) is 4.81. The number of carbonyl (C=O) groups excluding carboxylic acids is 2. The molecule has 1 aromatic rings. The molecule has 1 aromatic heterocycles. The van der Waals surface area contributed by atoms with Crippen LogP contribution in [0.2, 0.25) is 0 Å². The fourth-order valence-electron chi connectivity index (χ4n) is 2.31. The summed E-state index contributed by atoms with van der Waals surface area (Å²) in [7, 11) is 0. The van der Waals surface area contributed by atoms with Gasteiger partial charge in [0.25, 0.3) is 5.91 Å². The molecule has 2 unspecified atom stereocenters. The number of thiazole rings is 1. The third-order valence-corrected chi connectivity index (χ3v) is 4.09. The number of hydrogen-bond donors (Lipinski definition) is 0. The standard InChI is InChI=1S/C13H18N2O3S/c1-3-18-13(17)10-6-9(2)4-5-15(10)12(16)11-7-14-8-19-11/h7-10H,3-6H2,1-2H3. The summed E-state index contributed by atoms with van der Waals surface area (Å²) in [5.41, 5.74) is 1.62. The van der Waals surface area contributed by atoms with E-state index in [9.17, 15) is 9.59 Å². The summed E-state index contributed by atoms with van der Waals surface area (Å²) in [6.07, 6.45) is 3.14. The number of nitrogens with zero attached hydrogens (tertiary/aromatic N) is 2. The number of hydrogen-bond acceptors (Lipinski definition) is 5. The van der Waals surface area contributed by atoms with Crippen LogP contribution in [0.15, 0.2) is 11.7 Å². The average molecular weight is 282 g/mol. The smallest absolute Gasteiger partial charge is 0.328 e. The first-order valence-electron chi connectivity index (χ1n) is 6.49. The Kier molecular flexibility index (Phi) is 4.52. The zero-order valence-electron chi connectivity index (χ0n) is 11.2. The van der Waals surface area contributed by atoms with Gasteiger partial charge in [-0.1, -0.05) is 6.92 Å². The molecule has 1 aliphatic heterocycles. The molecule has 2 heterocycles. The first kappa shape index (κ1) is 14.0. The molecule has 1 fully saturated rings. The van der Waals surface area contributed by atoms with Gasteiger partial charge in [-0.3, -0.25) is 9.78 Å². The van der Waals surface area contributed by atoms with Crippen LogP contribution < -0.4 is 0 Å². The van der Waals surface area contributed by atoms with Crippen molar-refractivity contribution in [2.45, 2.75) is 32.7 Å². The molecule has 0 spiro atoms. The van der Waals surface area contributed by atoms with Crippen LogP contribution in [0.5, 0.6) is 0 Å². The number of piperidine rings is 1. The Balaban J connectivity index is 2.16. The Hall–Kier alpha value is -1.43. The Morgan fingerprint density at radius 3 is 3.00 bits per heavy atom. The molecule has 0 aromatic carbocycles. The van der Waals surface area contributed by atoms with Crippen molar-refractivity contribution < 1.29 is 14.3 Å². The maximum absolute atomic E-state index is 12.4. The summed E-state index contributed by atoms with van der Waals surface area (Å²) in [5.74, 6) is 0.0132. The highest BCUT2D eigenvalue weighted by Crippen LogP contribution is 2.25. The van der Waals surface area contributed by atoms with Gasteiger partial charge in [-0.15, -0.1) is 11.3 Å². The van der Waals surface area contributed by atoms with Gasteiger partial charge in [0.1, 0.15) is 10.9 Å². The van der Waals surface area contributed by atoms with E-state index < -0.39 is 6.04 Å². The first-order valence-corrected chi connectivity index (χ1v) is 7.37. The van der Waals surface area contributed by atoms with Gasteiger partial charge in [0.05, 0.1) is 18.3 Å².